The number of aromatic nitrogens is 1. The van der Waals surface area contributed by atoms with Crippen molar-refractivity contribution < 1.29 is 4.79 Å². The van der Waals surface area contributed by atoms with E-state index in [4.69, 9.17) is 11.6 Å². The molecule has 1 N–H and O–H groups in total. The molecule has 0 spiro atoms. The van der Waals surface area contributed by atoms with Gasteiger partial charge >= 0.3 is 0 Å². The summed E-state index contributed by atoms with van der Waals surface area (Å²) in [5.41, 5.74) is 1.99. The summed E-state index contributed by atoms with van der Waals surface area (Å²) in [6.07, 6.45) is 1.61. The molecule has 2 rings (SSSR count). The molecule has 21 heavy (non-hydrogen) atoms. The van der Waals surface area contributed by atoms with Crippen molar-refractivity contribution in [1.29, 1.82) is 0 Å². The Hall–Kier alpha value is -1.61. The van der Waals surface area contributed by atoms with Gasteiger partial charge in [0.25, 0.3) is 5.91 Å². The Kier molecular flexibility index (Phi) is 4.84. The van der Waals surface area contributed by atoms with Crippen LogP contribution in [0.4, 0.5) is 0 Å². The SMILES string of the molecule is CCC(CC)(CCl)NC(=O)c1cc(C)nc2ccccc12. The van der Waals surface area contributed by atoms with Crippen molar-refractivity contribution in [2.45, 2.75) is 39.2 Å². The first kappa shape index (κ1) is 15.8. The molecule has 0 atom stereocenters. The molecule has 0 fully saturated rings. The monoisotopic (exact) mass is 304 g/mol. The maximum Gasteiger partial charge on any atom is 0.252 e. The molecule has 0 saturated heterocycles. The smallest absolute Gasteiger partial charge is 0.252 e. The van der Waals surface area contributed by atoms with Crippen LogP contribution in [0.5, 0.6) is 0 Å². The van der Waals surface area contributed by atoms with Gasteiger partial charge in [0.2, 0.25) is 0 Å². The molecular formula is C17H21ClN2O. The zero-order chi connectivity index (χ0) is 15.5. The van der Waals surface area contributed by atoms with Crippen LogP contribution >= 0.6 is 11.6 Å². The van der Waals surface area contributed by atoms with Gasteiger partial charge < -0.3 is 5.32 Å². The molecule has 0 bridgehead atoms. The summed E-state index contributed by atoms with van der Waals surface area (Å²) in [6, 6.07) is 9.54. The minimum atomic E-state index is -0.350. The van der Waals surface area contributed by atoms with E-state index < -0.39 is 0 Å². The maximum atomic E-state index is 12.7. The molecule has 1 aromatic carbocycles. The second kappa shape index (κ2) is 6.44. The fourth-order valence-electron chi connectivity index (χ4n) is 2.45. The molecule has 112 valence electrons. The Morgan fingerprint density at radius 2 is 1.95 bits per heavy atom. The average Bonchev–Trinajstić information content (AvgIpc) is 2.51. The van der Waals surface area contributed by atoms with E-state index in [9.17, 15) is 4.79 Å². The molecule has 3 nitrogen and oxygen atoms in total. The van der Waals surface area contributed by atoms with Gasteiger partial charge in [-0.1, -0.05) is 32.0 Å². The van der Waals surface area contributed by atoms with Crippen LogP contribution in [-0.2, 0) is 0 Å². The highest BCUT2D eigenvalue weighted by molar-refractivity contribution is 6.19. The molecule has 0 aliphatic heterocycles. The van der Waals surface area contributed by atoms with E-state index >= 15 is 0 Å². The van der Waals surface area contributed by atoms with Crippen LogP contribution in [0, 0.1) is 6.92 Å². The summed E-state index contributed by atoms with van der Waals surface area (Å²) >= 11 is 6.08. The van der Waals surface area contributed by atoms with E-state index in [1.807, 2.05) is 51.1 Å². The molecule has 0 aliphatic rings. The third-order valence-corrected chi connectivity index (χ3v) is 4.59. The number of alkyl halides is 1. The zero-order valence-electron chi connectivity index (χ0n) is 12.7. The lowest BCUT2D eigenvalue weighted by Crippen LogP contribution is -2.49. The fraction of sp³-hybridized carbons (Fsp3) is 0.412. The first-order valence-electron chi connectivity index (χ1n) is 7.30. The Bertz CT molecular complexity index is 642. The predicted octanol–water partition coefficient (Wildman–Crippen LogP) is 4.07. The molecule has 1 aromatic heterocycles. The third kappa shape index (κ3) is 3.18. The largest absolute Gasteiger partial charge is 0.345 e. The number of carbonyl (C=O) groups excluding carboxylic acids is 1. The molecule has 0 saturated carbocycles. The number of hydrogen-bond donors (Lipinski definition) is 1. The molecule has 0 radical (unpaired) electrons. The molecule has 1 heterocycles. The quantitative estimate of drug-likeness (QED) is 0.846. The van der Waals surface area contributed by atoms with Crippen LogP contribution in [0.3, 0.4) is 0 Å². The van der Waals surface area contributed by atoms with Gasteiger partial charge in [-0.3, -0.25) is 9.78 Å². The second-order valence-electron chi connectivity index (χ2n) is 5.40. The van der Waals surface area contributed by atoms with Gasteiger partial charge in [-0.05, 0) is 31.9 Å². The van der Waals surface area contributed by atoms with Crippen LogP contribution in [0.2, 0.25) is 0 Å². The summed E-state index contributed by atoms with van der Waals surface area (Å²) in [4.78, 5) is 17.2. The zero-order valence-corrected chi connectivity index (χ0v) is 13.5. The molecule has 2 aromatic rings. The number of halogens is 1. The molecule has 0 unspecified atom stereocenters. The van der Waals surface area contributed by atoms with Gasteiger partial charge in [0, 0.05) is 17.0 Å². The minimum Gasteiger partial charge on any atom is -0.345 e. The first-order valence-corrected chi connectivity index (χ1v) is 7.83. The van der Waals surface area contributed by atoms with Crippen molar-refractivity contribution >= 4 is 28.4 Å². The summed E-state index contributed by atoms with van der Waals surface area (Å²) < 4.78 is 0. The van der Waals surface area contributed by atoms with Gasteiger partial charge in [-0.2, -0.15) is 0 Å². The molecule has 4 heteroatoms. The van der Waals surface area contributed by atoms with E-state index in [1.165, 1.54) is 0 Å². The Morgan fingerprint density at radius 1 is 1.29 bits per heavy atom. The predicted molar refractivity (Wildman–Crippen MR) is 88.0 cm³/mol. The summed E-state index contributed by atoms with van der Waals surface area (Å²) in [5, 5.41) is 3.99. The highest BCUT2D eigenvalue weighted by Gasteiger charge is 2.28. The average molecular weight is 305 g/mol. The normalized spacial score (nSPS) is 11.6. The van der Waals surface area contributed by atoms with Crippen LogP contribution in [0.25, 0.3) is 10.9 Å². The number of nitrogens with one attached hydrogen (secondary N) is 1. The highest BCUT2D eigenvalue weighted by Crippen LogP contribution is 2.22. The van der Waals surface area contributed by atoms with E-state index in [0.29, 0.717) is 11.4 Å². The Balaban J connectivity index is 2.44. The van der Waals surface area contributed by atoms with Crippen LogP contribution in [0.1, 0.15) is 42.7 Å². The van der Waals surface area contributed by atoms with Gasteiger partial charge in [0.05, 0.1) is 16.6 Å². The standard InChI is InChI=1S/C17H21ClN2O/c1-4-17(5-2,11-18)20-16(21)14-10-12(3)19-15-9-7-6-8-13(14)15/h6-10H,4-5,11H2,1-3H3,(H,20,21). The lowest BCUT2D eigenvalue weighted by atomic mass is 9.94. The lowest BCUT2D eigenvalue weighted by Gasteiger charge is -2.30. The Labute approximate surface area is 130 Å². The first-order chi connectivity index (χ1) is 10.0. The number of nitrogens with zero attached hydrogens (tertiary/aromatic N) is 1. The van der Waals surface area contributed by atoms with Crippen LogP contribution < -0.4 is 5.32 Å². The highest BCUT2D eigenvalue weighted by atomic mass is 35.5. The van der Waals surface area contributed by atoms with Gasteiger partial charge in [0.1, 0.15) is 0 Å². The summed E-state index contributed by atoms with van der Waals surface area (Å²) in [7, 11) is 0. The Morgan fingerprint density at radius 3 is 2.57 bits per heavy atom. The van der Waals surface area contributed by atoms with Crippen LogP contribution in [0.15, 0.2) is 30.3 Å². The number of hydrogen-bond acceptors (Lipinski definition) is 2. The second-order valence-corrected chi connectivity index (χ2v) is 5.67. The fourth-order valence-corrected chi connectivity index (χ4v) is 2.90. The van der Waals surface area contributed by atoms with E-state index in [2.05, 4.69) is 10.3 Å². The number of rotatable bonds is 5. The summed E-state index contributed by atoms with van der Waals surface area (Å²) in [5.74, 6) is 0.328. The topological polar surface area (TPSA) is 42.0 Å². The number of pyridine rings is 1. The van der Waals surface area contributed by atoms with Gasteiger partial charge in [0.15, 0.2) is 0 Å². The maximum absolute atomic E-state index is 12.7. The van der Waals surface area contributed by atoms with Gasteiger partial charge in [-0.25, -0.2) is 0 Å². The van der Waals surface area contributed by atoms with E-state index in [1.54, 1.807) is 0 Å². The van der Waals surface area contributed by atoms with Crippen molar-refractivity contribution in [3.8, 4) is 0 Å². The van der Waals surface area contributed by atoms with Gasteiger partial charge in [-0.15, -0.1) is 11.6 Å². The molecule has 0 aliphatic carbocycles. The number of fused-ring (bicyclic) bond motifs is 1. The number of para-hydroxylation sites is 1. The summed E-state index contributed by atoms with van der Waals surface area (Å²) in [6.45, 7) is 5.99. The number of aryl methyl sites for hydroxylation is 1. The lowest BCUT2D eigenvalue weighted by molar-refractivity contribution is 0.0904. The minimum absolute atomic E-state index is 0.0824. The number of benzene rings is 1. The number of carbonyl (C=O) groups is 1. The van der Waals surface area contributed by atoms with Crippen molar-refractivity contribution in [1.82, 2.24) is 10.3 Å². The van der Waals surface area contributed by atoms with Crippen molar-refractivity contribution in [2.24, 2.45) is 0 Å². The van der Waals surface area contributed by atoms with Crippen molar-refractivity contribution in [3.05, 3.63) is 41.6 Å². The van der Waals surface area contributed by atoms with Crippen molar-refractivity contribution in [3.63, 3.8) is 0 Å². The third-order valence-electron chi connectivity index (χ3n) is 4.08. The molecule has 1 amide bonds. The van der Waals surface area contributed by atoms with E-state index in [0.717, 1.165) is 29.4 Å². The van der Waals surface area contributed by atoms with Crippen LogP contribution in [-0.4, -0.2) is 22.3 Å². The van der Waals surface area contributed by atoms with E-state index in [-0.39, 0.29) is 11.4 Å². The molecular weight excluding hydrogens is 284 g/mol. The number of amides is 1. The van der Waals surface area contributed by atoms with Crippen molar-refractivity contribution in [2.75, 3.05) is 5.88 Å².